The fourth-order valence-corrected chi connectivity index (χ4v) is 3.06. The molecule has 4 amide bonds. The minimum atomic E-state index is -0.668. The molecule has 1 heterocycles. The van der Waals surface area contributed by atoms with Crippen LogP contribution in [0, 0.1) is 0 Å². The first-order valence-corrected chi connectivity index (χ1v) is 9.23. The van der Waals surface area contributed by atoms with Gasteiger partial charge in [0.05, 0.1) is 6.54 Å². The molecule has 7 heteroatoms. The number of urea groups is 1. The zero-order valence-electron chi connectivity index (χ0n) is 15.4. The molecule has 0 saturated carbocycles. The van der Waals surface area contributed by atoms with Gasteiger partial charge in [0, 0.05) is 13.0 Å². The standard InChI is InChI=1S/C21H23N3O4/c25-17-8-6-15(7-9-17)12-13-22-19(26)11-10-18-20(27)24(21(28)23-18)14-16-4-2-1-3-5-16/h1-9,18,25H,10-14H2,(H,22,26)(H,23,28)/t18-/m1/s1. The van der Waals surface area contributed by atoms with Crippen molar-refractivity contribution in [1.29, 1.82) is 0 Å². The maximum Gasteiger partial charge on any atom is 0.325 e. The summed E-state index contributed by atoms with van der Waals surface area (Å²) in [5.41, 5.74) is 1.88. The summed E-state index contributed by atoms with van der Waals surface area (Å²) in [5.74, 6) is -0.259. The maximum absolute atomic E-state index is 12.4. The quantitative estimate of drug-likeness (QED) is 0.609. The molecule has 1 fully saturated rings. The summed E-state index contributed by atoms with van der Waals surface area (Å²) >= 11 is 0. The number of nitrogens with one attached hydrogen (secondary N) is 2. The Morgan fingerprint density at radius 1 is 1.04 bits per heavy atom. The van der Waals surface area contributed by atoms with E-state index in [2.05, 4.69) is 10.6 Å². The summed E-state index contributed by atoms with van der Waals surface area (Å²) in [7, 11) is 0. The van der Waals surface area contributed by atoms with E-state index in [0.29, 0.717) is 13.0 Å². The van der Waals surface area contributed by atoms with E-state index in [1.807, 2.05) is 30.3 Å². The van der Waals surface area contributed by atoms with Crippen LogP contribution in [0.2, 0.25) is 0 Å². The number of hydrogen-bond donors (Lipinski definition) is 3. The second-order valence-corrected chi connectivity index (χ2v) is 6.72. The Hall–Kier alpha value is -3.35. The monoisotopic (exact) mass is 381 g/mol. The van der Waals surface area contributed by atoms with Crippen molar-refractivity contribution in [3.63, 3.8) is 0 Å². The average molecular weight is 381 g/mol. The zero-order chi connectivity index (χ0) is 19.9. The summed E-state index contributed by atoms with van der Waals surface area (Å²) in [6.07, 6.45) is 1.07. The van der Waals surface area contributed by atoms with Crippen LogP contribution in [0.1, 0.15) is 24.0 Å². The molecule has 0 aromatic heterocycles. The van der Waals surface area contributed by atoms with Gasteiger partial charge in [-0.2, -0.15) is 0 Å². The van der Waals surface area contributed by atoms with Crippen molar-refractivity contribution in [2.75, 3.05) is 6.54 Å². The molecule has 1 atom stereocenters. The molecule has 0 spiro atoms. The Morgan fingerprint density at radius 2 is 1.75 bits per heavy atom. The molecule has 1 saturated heterocycles. The average Bonchev–Trinajstić information content (AvgIpc) is 2.96. The Kier molecular flexibility index (Phi) is 6.26. The zero-order valence-corrected chi connectivity index (χ0v) is 15.4. The van der Waals surface area contributed by atoms with E-state index >= 15 is 0 Å². The first-order chi connectivity index (χ1) is 13.5. The van der Waals surface area contributed by atoms with E-state index in [1.54, 1.807) is 24.3 Å². The lowest BCUT2D eigenvalue weighted by molar-refractivity contribution is -0.128. The lowest BCUT2D eigenvalue weighted by Gasteiger charge is -2.13. The minimum Gasteiger partial charge on any atom is -0.508 e. The third kappa shape index (κ3) is 5.09. The highest BCUT2D eigenvalue weighted by molar-refractivity contribution is 6.04. The van der Waals surface area contributed by atoms with Crippen molar-refractivity contribution in [3.05, 3.63) is 65.7 Å². The molecule has 1 aliphatic heterocycles. The summed E-state index contributed by atoms with van der Waals surface area (Å²) in [6.45, 7) is 0.690. The molecule has 3 rings (SSSR count). The molecule has 2 aromatic carbocycles. The number of phenols is 1. The second-order valence-electron chi connectivity index (χ2n) is 6.72. The van der Waals surface area contributed by atoms with Crippen molar-refractivity contribution in [3.8, 4) is 5.75 Å². The third-order valence-electron chi connectivity index (χ3n) is 4.62. The van der Waals surface area contributed by atoms with Gasteiger partial charge in [-0.3, -0.25) is 14.5 Å². The van der Waals surface area contributed by atoms with Gasteiger partial charge in [0.2, 0.25) is 5.91 Å². The van der Waals surface area contributed by atoms with Gasteiger partial charge in [0.15, 0.2) is 0 Å². The summed E-state index contributed by atoms with van der Waals surface area (Å²) in [6, 6.07) is 15.0. The number of phenolic OH excluding ortho intramolecular Hbond substituents is 1. The predicted molar refractivity (Wildman–Crippen MR) is 103 cm³/mol. The van der Waals surface area contributed by atoms with Gasteiger partial charge >= 0.3 is 6.03 Å². The molecule has 0 radical (unpaired) electrons. The summed E-state index contributed by atoms with van der Waals surface area (Å²) < 4.78 is 0. The maximum atomic E-state index is 12.4. The van der Waals surface area contributed by atoms with Crippen LogP contribution in [0.3, 0.4) is 0 Å². The SMILES string of the molecule is O=C(CC[C@H]1NC(=O)N(Cc2ccccc2)C1=O)NCCc1ccc(O)cc1. The van der Waals surface area contributed by atoms with Gasteiger partial charge < -0.3 is 15.7 Å². The molecule has 0 aliphatic carbocycles. The van der Waals surface area contributed by atoms with Crippen molar-refractivity contribution in [2.24, 2.45) is 0 Å². The molecule has 3 N–H and O–H groups in total. The van der Waals surface area contributed by atoms with Gasteiger partial charge in [-0.05, 0) is 36.1 Å². The highest BCUT2D eigenvalue weighted by Crippen LogP contribution is 2.15. The number of benzene rings is 2. The highest BCUT2D eigenvalue weighted by atomic mass is 16.3. The number of amides is 4. The molecular weight excluding hydrogens is 358 g/mol. The molecule has 28 heavy (non-hydrogen) atoms. The number of aromatic hydroxyl groups is 1. The number of carbonyl (C=O) groups is 3. The third-order valence-corrected chi connectivity index (χ3v) is 4.62. The van der Waals surface area contributed by atoms with Gasteiger partial charge in [0.1, 0.15) is 11.8 Å². The van der Waals surface area contributed by atoms with E-state index in [0.717, 1.165) is 11.1 Å². The van der Waals surface area contributed by atoms with Crippen LogP contribution in [-0.4, -0.2) is 40.4 Å². The smallest absolute Gasteiger partial charge is 0.325 e. The van der Waals surface area contributed by atoms with Crippen molar-refractivity contribution >= 4 is 17.8 Å². The highest BCUT2D eigenvalue weighted by Gasteiger charge is 2.37. The molecule has 0 unspecified atom stereocenters. The van der Waals surface area contributed by atoms with E-state index < -0.39 is 12.1 Å². The van der Waals surface area contributed by atoms with Gasteiger partial charge in [-0.15, -0.1) is 0 Å². The summed E-state index contributed by atoms with van der Waals surface area (Å²) in [4.78, 5) is 37.7. The first kappa shape index (κ1) is 19.4. The topological polar surface area (TPSA) is 98.7 Å². The van der Waals surface area contributed by atoms with Crippen LogP contribution in [0.25, 0.3) is 0 Å². The Balaban J connectivity index is 1.41. The number of nitrogens with zero attached hydrogens (tertiary/aromatic N) is 1. The summed E-state index contributed by atoms with van der Waals surface area (Å²) in [5, 5.41) is 14.7. The largest absolute Gasteiger partial charge is 0.508 e. The number of hydrogen-bond acceptors (Lipinski definition) is 4. The molecule has 2 aromatic rings. The molecule has 0 bridgehead atoms. The van der Waals surface area contributed by atoms with E-state index in [-0.39, 0.29) is 37.0 Å². The van der Waals surface area contributed by atoms with Crippen LogP contribution < -0.4 is 10.6 Å². The fourth-order valence-electron chi connectivity index (χ4n) is 3.06. The molecule has 1 aliphatic rings. The van der Waals surface area contributed by atoms with Crippen molar-refractivity contribution in [1.82, 2.24) is 15.5 Å². The van der Waals surface area contributed by atoms with Crippen LogP contribution in [0.5, 0.6) is 5.75 Å². The van der Waals surface area contributed by atoms with Crippen LogP contribution in [0.15, 0.2) is 54.6 Å². The minimum absolute atomic E-state index is 0.158. The second kappa shape index (κ2) is 9.03. The van der Waals surface area contributed by atoms with Crippen LogP contribution in [-0.2, 0) is 22.6 Å². The van der Waals surface area contributed by atoms with Gasteiger partial charge in [-0.1, -0.05) is 42.5 Å². The Labute approximate surface area is 163 Å². The Bertz CT molecular complexity index is 836. The fraction of sp³-hybridized carbons (Fsp3) is 0.286. The van der Waals surface area contributed by atoms with E-state index in [9.17, 15) is 19.5 Å². The normalized spacial score (nSPS) is 16.1. The van der Waals surface area contributed by atoms with Gasteiger partial charge in [0.25, 0.3) is 5.91 Å². The number of carbonyl (C=O) groups excluding carboxylic acids is 3. The predicted octanol–water partition coefficient (Wildman–Crippen LogP) is 1.95. The molecular formula is C21H23N3O4. The van der Waals surface area contributed by atoms with Crippen LogP contribution in [0.4, 0.5) is 4.79 Å². The van der Waals surface area contributed by atoms with Crippen molar-refractivity contribution < 1.29 is 19.5 Å². The molecule has 7 nitrogen and oxygen atoms in total. The lowest BCUT2D eigenvalue weighted by atomic mass is 10.1. The lowest BCUT2D eigenvalue weighted by Crippen LogP contribution is -2.33. The number of rotatable bonds is 8. The van der Waals surface area contributed by atoms with E-state index in [4.69, 9.17) is 0 Å². The first-order valence-electron chi connectivity index (χ1n) is 9.23. The number of imide groups is 1. The molecule has 146 valence electrons. The van der Waals surface area contributed by atoms with Crippen molar-refractivity contribution in [2.45, 2.75) is 31.8 Å². The van der Waals surface area contributed by atoms with Crippen LogP contribution >= 0.6 is 0 Å². The Morgan fingerprint density at radius 3 is 2.46 bits per heavy atom. The van der Waals surface area contributed by atoms with E-state index in [1.165, 1.54) is 4.90 Å². The van der Waals surface area contributed by atoms with Gasteiger partial charge in [-0.25, -0.2) is 4.79 Å².